The first kappa shape index (κ1) is 16.9. The fraction of sp³-hybridized carbons (Fsp3) is 0.211. The van der Waals surface area contributed by atoms with Crippen molar-refractivity contribution < 1.29 is 9.72 Å². The Hall–Kier alpha value is -3.55. The molecule has 0 bridgehead atoms. The van der Waals surface area contributed by atoms with Crippen LogP contribution in [0.25, 0.3) is 10.9 Å². The van der Waals surface area contributed by atoms with Gasteiger partial charge in [0.25, 0.3) is 11.2 Å². The van der Waals surface area contributed by atoms with E-state index in [9.17, 15) is 19.7 Å². The number of hydrogen-bond acceptors (Lipinski definition) is 5. The first-order valence-electron chi connectivity index (χ1n) is 8.58. The van der Waals surface area contributed by atoms with Crippen molar-refractivity contribution in [3.8, 4) is 0 Å². The van der Waals surface area contributed by atoms with E-state index in [0.717, 1.165) is 5.56 Å². The number of anilines is 1. The number of non-ortho nitro benzene ring substituents is 1. The van der Waals surface area contributed by atoms with Gasteiger partial charge in [0, 0.05) is 31.5 Å². The van der Waals surface area contributed by atoms with Crippen molar-refractivity contribution >= 4 is 28.2 Å². The Morgan fingerprint density at radius 3 is 2.89 bits per heavy atom. The highest BCUT2D eigenvalue weighted by atomic mass is 16.6. The lowest BCUT2D eigenvalue weighted by molar-refractivity contribution is -0.384. The summed E-state index contributed by atoms with van der Waals surface area (Å²) in [5.74, 6) is 0.301. The lowest BCUT2D eigenvalue weighted by Crippen LogP contribution is -2.29. The summed E-state index contributed by atoms with van der Waals surface area (Å²) in [4.78, 5) is 44.0. The number of fused-ring (bicyclic) bond motifs is 2. The summed E-state index contributed by atoms with van der Waals surface area (Å²) in [6, 6.07) is 11.6. The molecule has 0 aliphatic carbocycles. The van der Waals surface area contributed by atoms with E-state index in [1.807, 2.05) is 0 Å². The molecule has 1 amide bonds. The number of H-pyrrole nitrogens is 1. The molecule has 8 nitrogen and oxygen atoms in total. The van der Waals surface area contributed by atoms with Crippen LogP contribution in [0.4, 0.5) is 11.4 Å². The smallest absolute Gasteiger partial charge is 0.271 e. The maximum absolute atomic E-state index is 12.6. The fourth-order valence-corrected chi connectivity index (χ4v) is 3.35. The highest BCUT2D eigenvalue weighted by Crippen LogP contribution is 2.32. The molecule has 2 aromatic carbocycles. The molecule has 0 spiro atoms. The first-order valence-corrected chi connectivity index (χ1v) is 8.58. The number of nitrogens with zero attached hydrogens (tertiary/aromatic N) is 3. The van der Waals surface area contributed by atoms with Gasteiger partial charge in [-0.1, -0.05) is 18.2 Å². The average Bonchev–Trinajstić information content (AvgIpc) is 3.09. The number of aromatic nitrogens is 2. The van der Waals surface area contributed by atoms with Gasteiger partial charge < -0.3 is 9.88 Å². The molecule has 1 aliphatic heterocycles. The third kappa shape index (κ3) is 3.17. The van der Waals surface area contributed by atoms with E-state index in [1.165, 1.54) is 12.1 Å². The quantitative estimate of drug-likeness (QED) is 0.564. The molecule has 3 aromatic rings. The Balaban J connectivity index is 1.52. The minimum Gasteiger partial charge on any atom is -0.312 e. The number of rotatable bonds is 4. The number of nitro benzene ring substituents is 1. The maximum Gasteiger partial charge on any atom is 0.271 e. The molecule has 1 aliphatic rings. The van der Waals surface area contributed by atoms with E-state index in [4.69, 9.17) is 0 Å². The zero-order chi connectivity index (χ0) is 19.0. The van der Waals surface area contributed by atoms with Crippen LogP contribution in [0.15, 0.2) is 47.3 Å². The normalized spacial score (nSPS) is 13.0. The second-order valence-electron chi connectivity index (χ2n) is 6.40. The summed E-state index contributed by atoms with van der Waals surface area (Å²) >= 11 is 0. The molecule has 8 heteroatoms. The molecule has 0 unspecified atom stereocenters. The number of hydrogen-bond donors (Lipinski definition) is 1. The van der Waals surface area contributed by atoms with E-state index >= 15 is 0 Å². The fourth-order valence-electron chi connectivity index (χ4n) is 3.35. The number of nitro groups is 1. The molecule has 1 N–H and O–H groups in total. The number of para-hydroxylation sites is 1. The third-order valence-corrected chi connectivity index (χ3v) is 4.71. The SMILES string of the molecule is O=C(CCc1nc2ccccc2c(=O)[nH]1)N1CCc2ccc([N+](=O)[O-])cc21. The van der Waals surface area contributed by atoms with E-state index < -0.39 is 4.92 Å². The number of carbonyl (C=O) groups excluding carboxylic acids is 1. The number of amides is 1. The largest absolute Gasteiger partial charge is 0.312 e. The lowest BCUT2D eigenvalue weighted by atomic mass is 10.1. The molecule has 0 saturated heterocycles. The molecule has 2 heterocycles. The summed E-state index contributed by atoms with van der Waals surface area (Å²) in [5.41, 5.74) is 1.84. The van der Waals surface area contributed by atoms with Gasteiger partial charge in [0.1, 0.15) is 5.82 Å². The average molecular weight is 364 g/mol. The summed E-state index contributed by atoms with van der Waals surface area (Å²) in [7, 11) is 0. The van der Waals surface area contributed by atoms with Gasteiger partial charge in [-0.05, 0) is 24.1 Å². The molecule has 0 atom stereocenters. The first-order chi connectivity index (χ1) is 13.0. The van der Waals surface area contributed by atoms with Crippen molar-refractivity contribution in [1.82, 2.24) is 9.97 Å². The van der Waals surface area contributed by atoms with Gasteiger partial charge in [0.15, 0.2) is 0 Å². The van der Waals surface area contributed by atoms with Gasteiger partial charge in [-0.25, -0.2) is 4.98 Å². The Labute approximate surface area is 153 Å². The maximum atomic E-state index is 12.6. The molecule has 4 rings (SSSR count). The Kier molecular flexibility index (Phi) is 4.15. The van der Waals surface area contributed by atoms with Crippen LogP contribution in [0.1, 0.15) is 17.8 Å². The molecule has 136 valence electrons. The van der Waals surface area contributed by atoms with Gasteiger partial charge in [0.05, 0.1) is 21.5 Å². The molecule has 1 aromatic heterocycles. The van der Waals surface area contributed by atoms with Crippen molar-refractivity contribution in [2.45, 2.75) is 19.3 Å². The van der Waals surface area contributed by atoms with E-state index in [1.54, 1.807) is 35.2 Å². The van der Waals surface area contributed by atoms with Crippen LogP contribution >= 0.6 is 0 Å². The molecule has 0 saturated carbocycles. The van der Waals surface area contributed by atoms with E-state index in [-0.39, 0.29) is 23.6 Å². The summed E-state index contributed by atoms with van der Waals surface area (Å²) < 4.78 is 0. The number of nitrogens with one attached hydrogen (secondary N) is 1. The molecular formula is C19H16N4O4. The van der Waals surface area contributed by atoms with Crippen LogP contribution in [-0.4, -0.2) is 27.3 Å². The zero-order valence-electron chi connectivity index (χ0n) is 14.3. The number of benzene rings is 2. The molecular weight excluding hydrogens is 348 g/mol. The van der Waals surface area contributed by atoms with Crippen molar-refractivity contribution in [1.29, 1.82) is 0 Å². The number of carbonyl (C=O) groups is 1. The van der Waals surface area contributed by atoms with E-state index in [0.29, 0.717) is 41.8 Å². The monoisotopic (exact) mass is 364 g/mol. The van der Waals surface area contributed by atoms with Crippen molar-refractivity contribution in [3.05, 3.63) is 74.3 Å². The minimum atomic E-state index is -0.467. The molecule has 27 heavy (non-hydrogen) atoms. The van der Waals surface area contributed by atoms with Gasteiger partial charge in [-0.2, -0.15) is 0 Å². The predicted molar refractivity (Wildman–Crippen MR) is 99.8 cm³/mol. The van der Waals surface area contributed by atoms with E-state index in [2.05, 4.69) is 9.97 Å². The Morgan fingerprint density at radius 1 is 1.26 bits per heavy atom. The number of aryl methyl sites for hydroxylation is 1. The van der Waals surface area contributed by atoms with Gasteiger partial charge in [-0.15, -0.1) is 0 Å². The van der Waals surface area contributed by atoms with Crippen LogP contribution in [0.5, 0.6) is 0 Å². The number of aromatic amines is 1. The van der Waals surface area contributed by atoms with Crippen LogP contribution in [0, 0.1) is 10.1 Å². The van der Waals surface area contributed by atoms with Crippen molar-refractivity contribution in [3.63, 3.8) is 0 Å². The van der Waals surface area contributed by atoms with Crippen LogP contribution < -0.4 is 10.5 Å². The van der Waals surface area contributed by atoms with Gasteiger partial charge >= 0.3 is 0 Å². The van der Waals surface area contributed by atoms with Crippen LogP contribution in [0.3, 0.4) is 0 Å². The second kappa shape index (κ2) is 6.64. The highest BCUT2D eigenvalue weighted by molar-refractivity contribution is 5.96. The summed E-state index contributed by atoms with van der Waals surface area (Å²) in [6.07, 6.45) is 1.12. The van der Waals surface area contributed by atoms with Crippen LogP contribution in [0.2, 0.25) is 0 Å². The zero-order valence-corrected chi connectivity index (χ0v) is 14.3. The molecule has 0 fully saturated rings. The second-order valence-corrected chi connectivity index (χ2v) is 6.40. The topological polar surface area (TPSA) is 109 Å². The predicted octanol–water partition coefficient (Wildman–Crippen LogP) is 2.35. The van der Waals surface area contributed by atoms with Crippen LogP contribution in [-0.2, 0) is 17.6 Å². The lowest BCUT2D eigenvalue weighted by Gasteiger charge is -2.17. The standard InChI is InChI=1S/C19H16N4O4/c24-18(22-10-9-12-5-6-13(23(26)27)11-16(12)22)8-7-17-20-15-4-2-1-3-14(15)19(25)21-17/h1-6,11H,7-10H2,(H,20,21,25). The Bertz CT molecular complexity index is 1120. The summed E-state index contributed by atoms with van der Waals surface area (Å²) in [6.45, 7) is 0.497. The molecule has 0 radical (unpaired) electrons. The van der Waals surface area contributed by atoms with Crippen molar-refractivity contribution in [2.75, 3.05) is 11.4 Å². The third-order valence-electron chi connectivity index (χ3n) is 4.71. The minimum absolute atomic E-state index is 0.0334. The van der Waals surface area contributed by atoms with Crippen molar-refractivity contribution in [2.24, 2.45) is 0 Å². The Morgan fingerprint density at radius 2 is 2.07 bits per heavy atom. The van der Waals surface area contributed by atoms with Gasteiger partial charge in [-0.3, -0.25) is 19.7 Å². The summed E-state index contributed by atoms with van der Waals surface area (Å²) in [5, 5.41) is 11.5. The highest BCUT2D eigenvalue weighted by Gasteiger charge is 2.26. The van der Waals surface area contributed by atoms with Gasteiger partial charge in [0.2, 0.25) is 5.91 Å².